The Morgan fingerprint density at radius 3 is 0.512 bits per heavy atom. The van der Waals surface area contributed by atoms with Crippen molar-refractivity contribution in [1.29, 1.82) is 0 Å². The van der Waals surface area contributed by atoms with Crippen molar-refractivity contribution >= 4 is 7.26 Å². The molecular weight excluding hydrogens is 511 g/mol. The summed E-state index contributed by atoms with van der Waals surface area (Å²) in [7, 11) is -0.757. The summed E-state index contributed by atoms with van der Waals surface area (Å²) < 4.78 is 0. The minimum absolute atomic E-state index is 0.757. The largest absolute Gasteiger partial charge is 0.0654 e. The Morgan fingerprint density at radius 2 is 0.341 bits per heavy atom. The van der Waals surface area contributed by atoms with Gasteiger partial charge in [0.15, 0.2) is 0 Å². The molecule has 0 nitrogen and oxygen atoms in total. The second-order valence-corrected chi connectivity index (χ2v) is 18.6. The van der Waals surface area contributed by atoms with Crippen LogP contribution in [0.4, 0.5) is 0 Å². The van der Waals surface area contributed by atoms with Gasteiger partial charge in [-0.15, -0.1) is 0 Å². The van der Waals surface area contributed by atoms with E-state index in [1.165, 1.54) is 180 Å². The van der Waals surface area contributed by atoms with Gasteiger partial charge >= 0.3 is 0 Å². The SMILES string of the molecule is CCCCCCCCCCCCC[P+](CCCCCCCCC)(CCCCCCCCC)CCCCCCCCC. The van der Waals surface area contributed by atoms with E-state index in [-0.39, 0.29) is 0 Å². The van der Waals surface area contributed by atoms with Crippen LogP contribution in [0.15, 0.2) is 0 Å². The molecule has 1 heteroatoms. The van der Waals surface area contributed by atoms with Crippen LogP contribution >= 0.6 is 7.26 Å². The summed E-state index contributed by atoms with van der Waals surface area (Å²) in [5, 5.41) is 0. The first-order chi connectivity index (χ1) is 20.2. The zero-order chi connectivity index (χ0) is 30.0. The standard InChI is InChI=1S/C40H84P/c1-5-9-13-17-21-22-23-24-28-32-36-40-41(37-33-29-25-18-14-10-6-2,38-34-30-26-19-15-11-7-3)39-35-31-27-20-16-12-8-4/h5-40H2,1-4H3/q+1. The molecule has 0 saturated heterocycles. The number of hydrogen-bond acceptors (Lipinski definition) is 0. The summed E-state index contributed by atoms with van der Waals surface area (Å²) in [6.07, 6.45) is 54.2. The second kappa shape index (κ2) is 34.9. The third-order valence-corrected chi connectivity index (χ3v) is 15.0. The van der Waals surface area contributed by atoms with Crippen LogP contribution in [-0.4, -0.2) is 24.6 Å². The molecule has 0 heterocycles. The second-order valence-electron chi connectivity index (χ2n) is 14.1. The monoisotopic (exact) mass is 596 g/mol. The molecule has 0 aromatic carbocycles. The molecule has 0 fully saturated rings. The molecule has 0 aliphatic carbocycles. The van der Waals surface area contributed by atoms with Crippen LogP contribution in [0.1, 0.15) is 233 Å². The molecule has 0 unspecified atom stereocenters. The number of rotatable bonds is 36. The van der Waals surface area contributed by atoms with Gasteiger partial charge in [0.05, 0.1) is 24.6 Å². The highest BCUT2D eigenvalue weighted by atomic mass is 31.2. The molecule has 0 rings (SSSR count). The van der Waals surface area contributed by atoms with Gasteiger partial charge in [0.25, 0.3) is 0 Å². The topological polar surface area (TPSA) is 0 Å². The molecular formula is C40H84P+. The highest BCUT2D eigenvalue weighted by molar-refractivity contribution is 7.75. The fourth-order valence-electron chi connectivity index (χ4n) is 7.00. The normalized spacial score (nSPS) is 12.0. The van der Waals surface area contributed by atoms with Gasteiger partial charge in [-0.2, -0.15) is 0 Å². The predicted molar refractivity (Wildman–Crippen MR) is 197 cm³/mol. The number of hydrogen-bond donors (Lipinski definition) is 0. The highest BCUT2D eigenvalue weighted by Crippen LogP contribution is 2.61. The van der Waals surface area contributed by atoms with Crippen LogP contribution in [0, 0.1) is 0 Å². The molecule has 0 aliphatic heterocycles. The molecule has 0 saturated carbocycles. The summed E-state index contributed by atoms with van der Waals surface area (Å²) in [6, 6.07) is 0. The van der Waals surface area contributed by atoms with Crippen molar-refractivity contribution in [3.63, 3.8) is 0 Å². The molecule has 41 heavy (non-hydrogen) atoms. The van der Waals surface area contributed by atoms with Crippen LogP contribution in [-0.2, 0) is 0 Å². The van der Waals surface area contributed by atoms with E-state index in [9.17, 15) is 0 Å². The lowest BCUT2D eigenvalue weighted by Gasteiger charge is -2.28. The predicted octanol–water partition coefficient (Wildman–Crippen LogP) is 15.6. The molecule has 0 atom stereocenters. The molecule has 0 bridgehead atoms. The van der Waals surface area contributed by atoms with Crippen molar-refractivity contribution in [3.05, 3.63) is 0 Å². The Kier molecular flexibility index (Phi) is 35.3. The highest BCUT2D eigenvalue weighted by Gasteiger charge is 2.35. The van der Waals surface area contributed by atoms with E-state index in [4.69, 9.17) is 0 Å². The van der Waals surface area contributed by atoms with Gasteiger partial charge in [-0.3, -0.25) is 0 Å². The molecule has 248 valence electrons. The van der Waals surface area contributed by atoms with Crippen LogP contribution in [0.5, 0.6) is 0 Å². The summed E-state index contributed by atoms with van der Waals surface area (Å²) >= 11 is 0. The van der Waals surface area contributed by atoms with Gasteiger partial charge in [-0.05, 0) is 51.4 Å². The Hall–Kier alpha value is 0.430. The van der Waals surface area contributed by atoms with Gasteiger partial charge in [-0.1, -0.05) is 182 Å². The maximum Gasteiger partial charge on any atom is 0.0594 e. The molecule has 0 radical (unpaired) electrons. The maximum atomic E-state index is 2.35. The summed E-state index contributed by atoms with van der Waals surface area (Å²) in [4.78, 5) is 0. The Morgan fingerprint density at radius 1 is 0.195 bits per heavy atom. The number of unbranched alkanes of at least 4 members (excludes halogenated alkanes) is 28. The van der Waals surface area contributed by atoms with E-state index in [0.717, 1.165) is 0 Å². The van der Waals surface area contributed by atoms with Gasteiger partial charge < -0.3 is 0 Å². The van der Waals surface area contributed by atoms with Gasteiger partial charge in [0, 0.05) is 7.26 Å². The van der Waals surface area contributed by atoms with E-state index in [2.05, 4.69) is 27.7 Å². The molecule has 0 aromatic heterocycles. The van der Waals surface area contributed by atoms with Crippen LogP contribution in [0.2, 0.25) is 0 Å². The van der Waals surface area contributed by atoms with Crippen molar-refractivity contribution in [1.82, 2.24) is 0 Å². The molecule has 0 amide bonds. The van der Waals surface area contributed by atoms with E-state index in [1.54, 1.807) is 50.3 Å². The van der Waals surface area contributed by atoms with Crippen molar-refractivity contribution in [2.75, 3.05) is 24.6 Å². The molecule has 0 aromatic rings. The van der Waals surface area contributed by atoms with Crippen molar-refractivity contribution in [2.45, 2.75) is 233 Å². The van der Waals surface area contributed by atoms with Crippen molar-refractivity contribution in [2.24, 2.45) is 0 Å². The minimum atomic E-state index is -0.757. The average molecular weight is 596 g/mol. The summed E-state index contributed by atoms with van der Waals surface area (Å²) in [6.45, 7) is 9.37. The third-order valence-electron chi connectivity index (χ3n) is 9.94. The lowest BCUT2D eigenvalue weighted by Crippen LogP contribution is -2.13. The van der Waals surface area contributed by atoms with Crippen LogP contribution in [0.3, 0.4) is 0 Å². The first-order valence-electron chi connectivity index (χ1n) is 20.1. The zero-order valence-electron chi connectivity index (χ0n) is 29.9. The van der Waals surface area contributed by atoms with E-state index < -0.39 is 7.26 Å². The maximum absolute atomic E-state index is 2.35. The Bertz CT molecular complexity index is 412. The zero-order valence-corrected chi connectivity index (χ0v) is 30.8. The fraction of sp³-hybridized carbons (Fsp3) is 1.00. The smallest absolute Gasteiger partial charge is 0.0594 e. The van der Waals surface area contributed by atoms with Crippen LogP contribution in [0.25, 0.3) is 0 Å². The first kappa shape index (κ1) is 41.4. The molecule has 0 aliphatic rings. The average Bonchev–Trinajstić information content (AvgIpc) is 2.98. The van der Waals surface area contributed by atoms with Gasteiger partial charge in [0.2, 0.25) is 0 Å². The fourth-order valence-corrected chi connectivity index (χ4v) is 11.9. The minimum Gasteiger partial charge on any atom is -0.0654 e. The van der Waals surface area contributed by atoms with Crippen molar-refractivity contribution in [3.8, 4) is 0 Å². The Labute approximate surface area is 264 Å². The third kappa shape index (κ3) is 30.2. The lowest BCUT2D eigenvalue weighted by molar-refractivity contribution is 0.554. The van der Waals surface area contributed by atoms with Crippen molar-refractivity contribution < 1.29 is 0 Å². The van der Waals surface area contributed by atoms with E-state index >= 15 is 0 Å². The Balaban J connectivity index is 4.74. The summed E-state index contributed by atoms with van der Waals surface area (Å²) in [5.74, 6) is 0. The molecule has 0 N–H and O–H groups in total. The van der Waals surface area contributed by atoms with Gasteiger partial charge in [-0.25, -0.2) is 0 Å². The lowest BCUT2D eigenvalue weighted by atomic mass is 10.1. The van der Waals surface area contributed by atoms with Crippen LogP contribution < -0.4 is 0 Å². The van der Waals surface area contributed by atoms with Gasteiger partial charge in [0.1, 0.15) is 0 Å². The summed E-state index contributed by atoms with van der Waals surface area (Å²) in [5.41, 5.74) is 0. The van der Waals surface area contributed by atoms with E-state index in [1.807, 2.05) is 0 Å². The van der Waals surface area contributed by atoms with E-state index in [0.29, 0.717) is 0 Å². The quantitative estimate of drug-likeness (QED) is 0.0499. The molecule has 0 spiro atoms. The first-order valence-corrected chi connectivity index (χ1v) is 22.6.